The Hall–Kier alpha value is -3.81. The van der Waals surface area contributed by atoms with Gasteiger partial charge in [0.25, 0.3) is 5.91 Å². The van der Waals surface area contributed by atoms with E-state index in [4.69, 9.17) is 14.2 Å². The minimum atomic E-state index is -0.300. The number of carbonyl (C=O) groups is 1. The lowest BCUT2D eigenvalue weighted by Crippen LogP contribution is -2.13. The number of aromatic nitrogens is 2. The summed E-state index contributed by atoms with van der Waals surface area (Å²) < 4.78 is 15.7. The lowest BCUT2D eigenvalue weighted by molar-refractivity contribution is 0.102. The second-order valence-corrected chi connectivity index (χ2v) is 5.68. The zero-order chi connectivity index (χ0) is 19.9. The molecule has 8 nitrogen and oxygen atoms in total. The molecule has 2 aromatic carbocycles. The Morgan fingerprint density at radius 3 is 2.21 bits per heavy atom. The Kier molecular flexibility index (Phi) is 5.91. The quantitative estimate of drug-likeness (QED) is 0.648. The highest BCUT2D eigenvalue weighted by Crippen LogP contribution is 2.30. The SMILES string of the molecule is COc1cccc(C(=O)Nc2ccc(Nc3ccc(OC)cc3OC)nn2)c1. The second-order valence-electron chi connectivity index (χ2n) is 5.68. The number of methoxy groups -OCH3 is 3. The van der Waals surface area contributed by atoms with Gasteiger partial charge in [-0.3, -0.25) is 4.79 Å². The van der Waals surface area contributed by atoms with Crippen LogP contribution in [-0.2, 0) is 0 Å². The monoisotopic (exact) mass is 380 g/mol. The van der Waals surface area contributed by atoms with Crippen molar-refractivity contribution in [3.63, 3.8) is 0 Å². The number of hydrogen-bond donors (Lipinski definition) is 2. The van der Waals surface area contributed by atoms with Crippen molar-refractivity contribution in [3.05, 3.63) is 60.2 Å². The zero-order valence-corrected chi connectivity index (χ0v) is 15.7. The van der Waals surface area contributed by atoms with E-state index in [-0.39, 0.29) is 5.91 Å². The number of ether oxygens (including phenoxy) is 3. The fourth-order valence-electron chi connectivity index (χ4n) is 2.46. The number of nitrogens with zero attached hydrogens (tertiary/aromatic N) is 2. The number of amides is 1. The van der Waals surface area contributed by atoms with Crippen LogP contribution in [0.5, 0.6) is 17.2 Å². The lowest BCUT2D eigenvalue weighted by atomic mass is 10.2. The van der Waals surface area contributed by atoms with E-state index >= 15 is 0 Å². The molecule has 0 aliphatic heterocycles. The number of hydrogen-bond acceptors (Lipinski definition) is 7. The van der Waals surface area contributed by atoms with Crippen molar-refractivity contribution in [3.8, 4) is 17.2 Å². The van der Waals surface area contributed by atoms with Crippen LogP contribution in [0.25, 0.3) is 0 Å². The Morgan fingerprint density at radius 1 is 0.821 bits per heavy atom. The maximum atomic E-state index is 12.3. The van der Waals surface area contributed by atoms with Crippen LogP contribution < -0.4 is 24.8 Å². The Morgan fingerprint density at radius 2 is 1.54 bits per heavy atom. The number of nitrogens with one attached hydrogen (secondary N) is 2. The van der Waals surface area contributed by atoms with Crippen molar-refractivity contribution in [2.24, 2.45) is 0 Å². The van der Waals surface area contributed by atoms with Crippen LogP contribution in [0.1, 0.15) is 10.4 Å². The molecule has 1 amide bonds. The maximum absolute atomic E-state index is 12.3. The van der Waals surface area contributed by atoms with Gasteiger partial charge in [0.1, 0.15) is 17.2 Å². The van der Waals surface area contributed by atoms with Gasteiger partial charge in [-0.25, -0.2) is 0 Å². The van der Waals surface area contributed by atoms with Crippen molar-refractivity contribution in [1.82, 2.24) is 10.2 Å². The van der Waals surface area contributed by atoms with E-state index in [0.717, 1.165) is 0 Å². The van der Waals surface area contributed by atoms with Crippen LogP contribution in [0.15, 0.2) is 54.6 Å². The first-order chi connectivity index (χ1) is 13.6. The molecule has 3 aromatic rings. The van der Waals surface area contributed by atoms with E-state index in [9.17, 15) is 4.79 Å². The van der Waals surface area contributed by atoms with Gasteiger partial charge in [-0.1, -0.05) is 6.07 Å². The van der Waals surface area contributed by atoms with Gasteiger partial charge in [0.2, 0.25) is 0 Å². The van der Waals surface area contributed by atoms with Crippen LogP contribution in [0.4, 0.5) is 17.3 Å². The van der Waals surface area contributed by atoms with Gasteiger partial charge < -0.3 is 24.8 Å². The van der Waals surface area contributed by atoms with E-state index < -0.39 is 0 Å². The Labute approximate surface area is 162 Å². The smallest absolute Gasteiger partial charge is 0.256 e. The average Bonchev–Trinajstić information content (AvgIpc) is 2.75. The van der Waals surface area contributed by atoms with Gasteiger partial charge in [-0.2, -0.15) is 0 Å². The molecule has 0 fully saturated rings. The lowest BCUT2D eigenvalue weighted by Gasteiger charge is -2.12. The van der Waals surface area contributed by atoms with Crippen molar-refractivity contribution >= 4 is 23.2 Å². The van der Waals surface area contributed by atoms with Crippen LogP contribution in [0.2, 0.25) is 0 Å². The summed E-state index contributed by atoms with van der Waals surface area (Å²) in [6.45, 7) is 0. The zero-order valence-electron chi connectivity index (χ0n) is 15.7. The topological polar surface area (TPSA) is 94.6 Å². The molecule has 28 heavy (non-hydrogen) atoms. The molecule has 0 saturated heterocycles. The third-order valence-corrected chi connectivity index (χ3v) is 3.91. The van der Waals surface area contributed by atoms with Gasteiger partial charge >= 0.3 is 0 Å². The summed E-state index contributed by atoms with van der Waals surface area (Å²) in [6.07, 6.45) is 0. The number of benzene rings is 2. The van der Waals surface area contributed by atoms with Gasteiger partial charge in [0, 0.05) is 11.6 Å². The van der Waals surface area contributed by atoms with E-state index in [1.807, 2.05) is 6.07 Å². The highest BCUT2D eigenvalue weighted by Gasteiger charge is 2.10. The summed E-state index contributed by atoms with van der Waals surface area (Å²) >= 11 is 0. The van der Waals surface area contributed by atoms with Crippen molar-refractivity contribution in [2.45, 2.75) is 0 Å². The third kappa shape index (κ3) is 4.47. The molecule has 2 N–H and O–H groups in total. The molecule has 0 unspecified atom stereocenters. The van der Waals surface area contributed by atoms with Gasteiger partial charge in [0.15, 0.2) is 11.6 Å². The van der Waals surface area contributed by atoms with Crippen molar-refractivity contribution in [2.75, 3.05) is 32.0 Å². The molecule has 0 saturated carbocycles. The normalized spacial score (nSPS) is 10.1. The van der Waals surface area contributed by atoms with Gasteiger partial charge in [-0.15, -0.1) is 10.2 Å². The summed E-state index contributed by atoms with van der Waals surface area (Å²) in [5.41, 5.74) is 1.18. The average molecular weight is 380 g/mol. The van der Waals surface area contributed by atoms with Crippen molar-refractivity contribution < 1.29 is 19.0 Å². The molecular formula is C20H20N4O4. The highest BCUT2D eigenvalue weighted by atomic mass is 16.5. The first-order valence-electron chi connectivity index (χ1n) is 8.41. The molecule has 1 aromatic heterocycles. The second kappa shape index (κ2) is 8.72. The number of anilines is 3. The van der Waals surface area contributed by atoms with Crippen molar-refractivity contribution in [1.29, 1.82) is 0 Å². The molecule has 0 radical (unpaired) electrons. The molecule has 8 heteroatoms. The first-order valence-corrected chi connectivity index (χ1v) is 8.41. The van der Waals surface area contributed by atoms with Crippen LogP contribution in [0, 0.1) is 0 Å². The van der Waals surface area contributed by atoms with Crippen LogP contribution in [-0.4, -0.2) is 37.4 Å². The molecule has 0 aliphatic rings. The molecular weight excluding hydrogens is 360 g/mol. The van der Waals surface area contributed by atoms with E-state index in [1.54, 1.807) is 69.9 Å². The van der Waals surface area contributed by atoms with Crippen LogP contribution in [0.3, 0.4) is 0 Å². The summed E-state index contributed by atoms with van der Waals surface area (Å²) in [5, 5.41) is 13.9. The fraction of sp³-hybridized carbons (Fsp3) is 0.150. The Bertz CT molecular complexity index is 961. The number of rotatable bonds is 7. The number of carbonyl (C=O) groups excluding carboxylic acids is 1. The largest absolute Gasteiger partial charge is 0.497 e. The molecule has 3 rings (SSSR count). The summed E-state index contributed by atoms with van der Waals surface area (Å²) in [4.78, 5) is 12.3. The molecule has 144 valence electrons. The molecule has 1 heterocycles. The predicted octanol–water partition coefficient (Wildman–Crippen LogP) is 3.50. The van der Waals surface area contributed by atoms with Gasteiger partial charge in [-0.05, 0) is 42.5 Å². The molecule has 0 spiro atoms. The standard InChI is InChI=1S/C20H20N4O4/c1-26-14-6-4-5-13(11-14)20(25)22-19-10-9-18(23-24-19)21-16-8-7-15(27-2)12-17(16)28-3/h4-12H,1-3H3,(H,21,23)(H,22,24,25). The van der Waals surface area contributed by atoms with E-state index in [1.165, 1.54) is 0 Å². The minimum Gasteiger partial charge on any atom is -0.497 e. The van der Waals surface area contributed by atoms with E-state index in [0.29, 0.717) is 40.1 Å². The fourth-order valence-corrected chi connectivity index (χ4v) is 2.46. The first kappa shape index (κ1) is 19.0. The van der Waals surface area contributed by atoms with Crippen LogP contribution >= 0.6 is 0 Å². The maximum Gasteiger partial charge on any atom is 0.256 e. The molecule has 0 aliphatic carbocycles. The highest BCUT2D eigenvalue weighted by molar-refractivity contribution is 6.04. The minimum absolute atomic E-state index is 0.300. The molecule has 0 bridgehead atoms. The predicted molar refractivity (Wildman–Crippen MR) is 106 cm³/mol. The Balaban J connectivity index is 1.69. The summed E-state index contributed by atoms with van der Waals surface area (Å²) in [5.74, 6) is 2.43. The molecule has 0 atom stereocenters. The summed E-state index contributed by atoms with van der Waals surface area (Å²) in [7, 11) is 4.71. The van der Waals surface area contributed by atoms with E-state index in [2.05, 4.69) is 20.8 Å². The third-order valence-electron chi connectivity index (χ3n) is 3.91. The van der Waals surface area contributed by atoms with Gasteiger partial charge in [0.05, 0.1) is 27.0 Å². The summed E-state index contributed by atoms with van der Waals surface area (Å²) in [6, 6.07) is 15.6.